The summed E-state index contributed by atoms with van der Waals surface area (Å²) >= 11 is 0. The van der Waals surface area contributed by atoms with E-state index in [1.165, 1.54) is 20.2 Å². The minimum atomic E-state index is -0.649. The number of hydrogen-bond acceptors (Lipinski definition) is 4. The van der Waals surface area contributed by atoms with Gasteiger partial charge in [0.2, 0.25) is 0 Å². The summed E-state index contributed by atoms with van der Waals surface area (Å²) in [6.45, 7) is 0. The first-order valence-corrected chi connectivity index (χ1v) is 8.33. The van der Waals surface area contributed by atoms with E-state index in [4.69, 9.17) is 0 Å². The van der Waals surface area contributed by atoms with Crippen molar-refractivity contribution in [3.05, 3.63) is 66.0 Å². The average molecular weight is 360 g/mol. The molecule has 4 rings (SSSR count). The molecule has 0 bridgehead atoms. The molecular weight excluding hydrogens is 344 g/mol. The fourth-order valence-electron chi connectivity index (χ4n) is 3.07. The molecule has 3 heterocycles. The summed E-state index contributed by atoms with van der Waals surface area (Å²) in [4.78, 5) is 43.6. The second kappa shape index (κ2) is 6.21. The lowest BCUT2D eigenvalue weighted by Crippen LogP contribution is -2.52. The Morgan fingerprint density at radius 1 is 0.852 bits per heavy atom. The molecular formula is C20H16N4O3. The van der Waals surface area contributed by atoms with Gasteiger partial charge in [0.15, 0.2) is 0 Å². The fraction of sp³-hybridized carbons (Fsp3) is 0.100. The zero-order valence-electron chi connectivity index (χ0n) is 14.8. The van der Waals surface area contributed by atoms with Crippen LogP contribution in [0, 0.1) is 0 Å². The first kappa shape index (κ1) is 16.7. The van der Waals surface area contributed by atoms with E-state index < -0.39 is 17.8 Å². The van der Waals surface area contributed by atoms with Crippen LogP contribution >= 0.6 is 0 Å². The molecule has 1 fully saturated rings. The highest BCUT2D eigenvalue weighted by Crippen LogP contribution is 2.27. The molecule has 0 aliphatic carbocycles. The van der Waals surface area contributed by atoms with Crippen LogP contribution in [0.4, 0.5) is 4.79 Å². The quantitative estimate of drug-likeness (QED) is 0.520. The number of imide groups is 2. The smallest absolute Gasteiger partial charge is 0.300 e. The predicted octanol–water partition coefficient (Wildman–Crippen LogP) is 2.44. The van der Waals surface area contributed by atoms with Crippen LogP contribution in [0.1, 0.15) is 5.69 Å². The molecule has 0 atom stereocenters. The second-order valence-corrected chi connectivity index (χ2v) is 6.21. The number of rotatable bonds is 2. The van der Waals surface area contributed by atoms with E-state index >= 15 is 0 Å². The largest absolute Gasteiger partial charge is 0.333 e. The third-order valence-electron chi connectivity index (χ3n) is 4.54. The molecule has 27 heavy (non-hydrogen) atoms. The van der Waals surface area contributed by atoms with Gasteiger partial charge in [0.1, 0.15) is 11.2 Å². The highest BCUT2D eigenvalue weighted by Gasteiger charge is 2.38. The Kier molecular flexibility index (Phi) is 3.84. The zero-order chi connectivity index (χ0) is 19.1. The number of barbiturate groups is 1. The molecule has 0 N–H and O–H groups in total. The van der Waals surface area contributed by atoms with Crippen molar-refractivity contribution < 1.29 is 14.4 Å². The number of imidazole rings is 1. The van der Waals surface area contributed by atoms with Gasteiger partial charge in [0.25, 0.3) is 11.8 Å². The normalized spacial score (nSPS) is 15.0. The number of likely N-dealkylation sites (N-methyl/N-ethyl adjacent to an activating group) is 2. The molecule has 3 aromatic rings. The van der Waals surface area contributed by atoms with Crippen molar-refractivity contribution in [3.8, 4) is 11.3 Å². The summed E-state index contributed by atoms with van der Waals surface area (Å²) in [5.74, 6) is -1.26. The third-order valence-corrected chi connectivity index (χ3v) is 4.54. The van der Waals surface area contributed by atoms with Crippen molar-refractivity contribution in [3.63, 3.8) is 0 Å². The Morgan fingerprint density at radius 3 is 2.15 bits per heavy atom. The highest BCUT2D eigenvalue weighted by atomic mass is 16.2. The molecule has 1 aliphatic heterocycles. The summed E-state index contributed by atoms with van der Waals surface area (Å²) in [5.41, 5.74) is 2.72. The van der Waals surface area contributed by atoms with Gasteiger partial charge in [0, 0.05) is 25.9 Å². The highest BCUT2D eigenvalue weighted by molar-refractivity contribution is 6.30. The predicted molar refractivity (Wildman–Crippen MR) is 99.5 cm³/mol. The molecule has 0 unspecified atom stereocenters. The minimum Gasteiger partial charge on any atom is -0.300 e. The molecule has 2 aromatic heterocycles. The van der Waals surface area contributed by atoms with Crippen LogP contribution in [0.3, 0.4) is 0 Å². The van der Waals surface area contributed by atoms with E-state index in [0.717, 1.165) is 15.4 Å². The number of carbonyl (C=O) groups is 3. The monoisotopic (exact) mass is 360 g/mol. The van der Waals surface area contributed by atoms with Gasteiger partial charge in [-0.1, -0.05) is 36.4 Å². The Bertz CT molecular complexity index is 1090. The van der Waals surface area contributed by atoms with Gasteiger partial charge in [-0.05, 0) is 18.2 Å². The van der Waals surface area contributed by atoms with Crippen LogP contribution in [0.2, 0.25) is 0 Å². The lowest BCUT2D eigenvalue weighted by Gasteiger charge is -2.28. The zero-order valence-corrected chi connectivity index (χ0v) is 14.8. The van der Waals surface area contributed by atoms with Gasteiger partial charge in [0.05, 0.1) is 11.4 Å². The maximum Gasteiger partial charge on any atom is 0.333 e. The number of pyridine rings is 1. The molecule has 1 saturated heterocycles. The number of nitrogens with zero attached hydrogens (tertiary/aromatic N) is 4. The summed E-state index contributed by atoms with van der Waals surface area (Å²) in [6.07, 6.45) is 3.32. The van der Waals surface area contributed by atoms with Gasteiger partial charge in [-0.2, -0.15) is 0 Å². The molecule has 0 radical (unpaired) electrons. The molecule has 1 aliphatic rings. The minimum absolute atomic E-state index is 0.0811. The van der Waals surface area contributed by atoms with Crippen molar-refractivity contribution >= 4 is 29.6 Å². The fourth-order valence-corrected chi connectivity index (χ4v) is 3.07. The first-order chi connectivity index (χ1) is 13.0. The SMILES string of the molecule is CN1C(=O)C(=Cc2c(-c3ccccc3)nc3ccccn23)C(=O)N(C)C1=O. The topological polar surface area (TPSA) is 75.0 Å². The Balaban J connectivity index is 1.96. The lowest BCUT2D eigenvalue weighted by atomic mass is 10.1. The molecule has 134 valence electrons. The molecule has 0 saturated carbocycles. The van der Waals surface area contributed by atoms with Crippen LogP contribution in [-0.2, 0) is 9.59 Å². The molecule has 4 amide bonds. The third kappa shape index (κ3) is 2.60. The lowest BCUT2D eigenvalue weighted by molar-refractivity contribution is -0.134. The van der Waals surface area contributed by atoms with Crippen molar-refractivity contribution in [1.29, 1.82) is 0 Å². The number of aromatic nitrogens is 2. The van der Waals surface area contributed by atoms with Crippen LogP contribution < -0.4 is 0 Å². The summed E-state index contributed by atoms with van der Waals surface area (Å²) in [6, 6.07) is 14.4. The molecule has 0 spiro atoms. The van der Waals surface area contributed by atoms with Crippen molar-refractivity contribution in [2.75, 3.05) is 14.1 Å². The van der Waals surface area contributed by atoms with E-state index in [0.29, 0.717) is 17.0 Å². The number of carbonyl (C=O) groups excluding carboxylic acids is 3. The van der Waals surface area contributed by atoms with Gasteiger partial charge in [-0.3, -0.25) is 23.8 Å². The van der Waals surface area contributed by atoms with Crippen molar-refractivity contribution in [2.24, 2.45) is 0 Å². The Hall–Kier alpha value is -3.74. The molecule has 7 nitrogen and oxygen atoms in total. The van der Waals surface area contributed by atoms with Crippen molar-refractivity contribution in [1.82, 2.24) is 19.2 Å². The van der Waals surface area contributed by atoms with Gasteiger partial charge in [-0.15, -0.1) is 0 Å². The molecule has 7 heteroatoms. The van der Waals surface area contributed by atoms with Gasteiger partial charge in [-0.25, -0.2) is 9.78 Å². The number of fused-ring (bicyclic) bond motifs is 1. The van der Waals surface area contributed by atoms with E-state index in [1.807, 2.05) is 59.1 Å². The average Bonchev–Trinajstić information content (AvgIpc) is 3.07. The second-order valence-electron chi connectivity index (χ2n) is 6.21. The summed E-state index contributed by atoms with van der Waals surface area (Å²) < 4.78 is 1.81. The molecule has 1 aromatic carbocycles. The number of hydrogen-bond donors (Lipinski definition) is 0. The number of urea groups is 1. The van der Waals surface area contributed by atoms with Crippen LogP contribution in [0.15, 0.2) is 60.3 Å². The van der Waals surface area contributed by atoms with Gasteiger partial charge >= 0.3 is 6.03 Å². The Morgan fingerprint density at radius 2 is 1.48 bits per heavy atom. The standard InChI is InChI=1S/C20H16N4O3/c1-22-18(25)14(19(26)23(2)20(22)27)12-15-17(13-8-4-3-5-9-13)21-16-10-6-7-11-24(15)16/h3-12H,1-2H3. The maximum absolute atomic E-state index is 12.6. The Labute approximate surface area is 155 Å². The van der Waals surface area contributed by atoms with Crippen molar-refractivity contribution in [2.45, 2.75) is 0 Å². The van der Waals surface area contributed by atoms with Gasteiger partial charge < -0.3 is 0 Å². The van der Waals surface area contributed by atoms with E-state index in [-0.39, 0.29) is 5.57 Å². The van der Waals surface area contributed by atoms with E-state index in [9.17, 15) is 14.4 Å². The first-order valence-electron chi connectivity index (χ1n) is 8.33. The van der Waals surface area contributed by atoms with E-state index in [1.54, 1.807) is 0 Å². The summed E-state index contributed by atoms with van der Waals surface area (Å²) in [5, 5.41) is 0. The maximum atomic E-state index is 12.6. The van der Waals surface area contributed by atoms with Crippen LogP contribution in [0.5, 0.6) is 0 Å². The number of amides is 4. The van der Waals surface area contributed by atoms with E-state index in [2.05, 4.69) is 4.98 Å². The van der Waals surface area contributed by atoms with Crippen LogP contribution in [0.25, 0.3) is 23.0 Å². The number of benzene rings is 1. The summed E-state index contributed by atoms with van der Waals surface area (Å²) in [7, 11) is 2.71. The van der Waals surface area contributed by atoms with Crippen LogP contribution in [-0.4, -0.2) is 51.1 Å².